The number of likely N-dealkylation sites (N-methyl/N-ethyl adjacent to an activating group) is 1. The maximum absolute atomic E-state index is 13.5. The second-order valence-corrected chi connectivity index (χ2v) is 13.3. The summed E-state index contributed by atoms with van der Waals surface area (Å²) in [4.78, 5) is 15.0. The van der Waals surface area contributed by atoms with Crippen molar-refractivity contribution in [2.75, 3.05) is 26.5 Å². The van der Waals surface area contributed by atoms with Gasteiger partial charge in [0, 0.05) is 30.8 Å². The molecule has 2 aliphatic heterocycles. The number of piperidine rings is 1. The van der Waals surface area contributed by atoms with Gasteiger partial charge in [-0.2, -0.15) is 4.31 Å². The minimum absolute atomic E-state index is 0.0760. The number of sulfonamides is 1. The molecule has 1 N–H and O–H groups in total. The zero-order valence-corrected chi connectivity index (χ0v) is 23.4. The zero-order valence-electron chi connectivity index (χ0n) is 22.6. The molecule has 1 unspecified atom stereocenters. The number of ether oxygens (including phenoxy) is 2. The van der Waals surface area contributed by atoms with Crippen LogP contribution >= 0.6 is 0 Å². The number of methoxy groups -OCH3 is 1. The number of carbonyl (C=O) groups is 1. The zero-order chi connectivity index (χ0) is 27.6. The molecule has 1 spiro atoms. The Morgan fingerprint density at radius 1 is 1.31 bits per heavy atom. The van der Waals surface area contributed by atoms with Gasteiger partial charge in [0.1, 0.15) is 6.10 Å². The fourth-order valence-corrected chi connectivity index (χ4v) is 9.52. The van der Waals surface area contributed by atoms with Gasteiger partial charge >= 0.3 is 0 Å². The van der Waals surface area contributed by atoms with Crippen molar-refractivity contribution in [1.82, 2.24) is 9.21 Å². The summed E-state index contributed by atoms with van der Waals surface area (Å²) in [7, 11) is -0.190. The van der Waals surface area contributed by atoms with Crippen LogP contribution in [0.3, 0.4) is 0 Å². The summed E-state index contributed by atoms with van der Waals surface area (Å²) in [6.45, 7) is 2.28. The summed E-state index contributed by atoms with van der Waals surface area (Å²) in [5.41, 5.74) is 0.521. The lowest BCUT2D eigenvalue weighted by molar-refractivity contribution is -0.186. The summed E-state index contributed by atoms with van der Waals surface area (Å²) in [5.74, 6) is 1.10. The highest BCUT2D eigenvalue weighted by molar-refractivity contribution is 7.89. The molecular weight excluding hydrogens is 520 g/mol. The highest BCUT2D eigenvalue weighted by Gasteiger charge is 2.74. The van der Waals surface area contributed by atoms with Crippen LogP contribution in [0.2, 0.25) is 0 Å². The third-order valence-electron chi connectivity index (χ3n) is 9.51. The number of unbranched alkanes of at least 4 members (excludes halogenated alkanes) is 1. The predicted molar refractivity (Wildman–Crippen MR) is 145 cm³/mol. The lowest BCUT2D eigenvalue weighted by Crippen LogP contribution is -2.78. The Kier molecular flexibility index (Phi) is 6.35. The summed E-state index contributed by atoms with van der Waals surface area (Å²) < 4.78 is 46.0. The van der Waals surface area contributed by atoms with Crippen LogP contribution < -0.4 is 9.47 Å². The molecule has 2 aliphatic carbocycles. The van der Waals surface area contributed by atoms with Crippen LogP contribution in [0.1, 0.15) is 55.7 Å². The van der Waals surface area contributed by atoms with E-state index in [-0.39, 0.29) is 17.7 Å². The van der Waals surface area contributed by atoms with Gasteiger partial charge in [0.15, 0.2) is 11.5 Å². The average Bonchev–Trinajstić information content (AvgIpc) is 3.56. The Labute approximate surface area is 229 Å². The topological polar surface area (TPSA) is 110 Å². The van der Waals surface area contributed by atoms with E-state index >= 15 is 0 Å². The molecule has 210 valence electrons. The van der Waals surface area contributed by atoms with Gasteiger partial charge in [-0.15, -0.1) is 0 Å². The minimum Gasteiger partial charge on any atom is -0.493 e. The fraction of sp³-hybridized carbons (Fsp3) is 0.552. The van der Waals surface area contributed by atoms with Crippen LogP contribution in [-0.4, -0.2) is 78.9 Å². The van der Waals surface area contributed by atoms with Crippen molar-refractivity contribution in [2.45, 2.75) is 74.7 Å². The van der Waals surface area contributed by atoms with E-state index in [1.165, 1.54) is 6.08 Å². The molecule has 3 heterocycles. The van der Waals surface area contributed by atoms with Gasteiger partial charge in [-0.1, -0.05) is 19.4 Å². The van der Waals surface area contributed by atoms with Crippen LogP contribution in [0.5, 0.6) is 11.5 Å². The second-order valence-electron chi connectivity index (χ2n) is 11.3. The van der Waals surface area contributed by atoms with Crippen LogP contribution in [0, 0.1) is 0 Å². The van der Waals surface area contributed by atoms with Crippen molar-refractivity contribution in [3.63, 3.8) is 0 Å². The quantitative estimate of drug-likeness (QED) is 0.498. The molecule has 9 nitrogen and oxygen atoms in total. The average molecular weight is 557 g/mol. The Morgan fingerprint density at radius 2 is 2.13 bits per heavy atom. The van der Waals surface area contributed by atoms with Gasteiger partial charge in [-0.3, -0.25) is 4.79 Å². The molecule has 0 radical (unpaired) electrons. The first-order chi connectivity index (χ1) is 18.7. The fourth-order valence-electron chi connectivity index (χ4n) is 7.62. The number of hydrogen-bond donors (Lipinski definition) is 1. The standard InChI is InChI=1S/C29H36N2O7S/c1-4-5-16-39(34,35)31-14-13-28-25-20-7-8-22(36-3)26(25)38-27(28)21(10-12-29(28,33)23(31)17-20)30(2)24(32)9-6-19-11-15-37-18-19/h6-9,11,15,18,21,23,27,33H,4-5,10,12-14,16-17H2,1-3H3/b9-6+/t21-,23-,27+,28?,29-/m1/s1. The van der Waals surface area contributed by atoms with E-state index in [1.54, 1.807) is 48.0 Å². The van der Waals surface area contributed by atoms with Gasteiger partial charge in [-0.25, -0.2) is 8.42 Å². The van der Waals surface area contributed by atoms with Crippen LogP contribution in [0.25, 0.3) is 6.08 Å². The summed E-state index contributed by atoms with van der Waals surface area (Å²) in [5, 5.41) is 12.6. The van der Waals surface area contributed by atoms with Crippen LogP contribution in [0.15, 0.2) is 41.2 Å². The van der Waals surface area contributed by atoms with Crippen molar-refractivity contribution in [1.29, 1.82) is 0 Å². The molecule has 39 heavy (non-hydrogen) atoms. The molecule has 1 saturated carbocycles. The molecule has 4 aliphatic rings. The number of benzene rings is 1. The molecule has 6 rings (SSSR count). The molecule has 1 saturated heterocycles. The van der Waals surface area contributed by atoms with E-state index in [9.17, 15) is 18.3 Å². The number of carbonyl (C=O) groups excluding carboxylic acids is 1. The molecule has 1 aromatic heterocycles. The molecule has 1 amide bonds. The third-order valence-corrected chi connectivity index (χ3v) is 11.5. The summed E-state index contributed by atoms with van der Waals surface area (Å²) in [6.07, 6.45) is 8.84. The van der Waals surface area contributed by atoms with Gasteiger partial charge in [0.2, 0.25) is 15.9 Å². The Hall–Kier alpha value is -2.82. The van der Waals surface area contributed by atoms with Gasteiger partial charge in [-0.05, 0) is 55.9 Å². The van der Waals surface area contributed by atoms with Crippen molar-refractivity contribution < 1.29 is 32.2 Å². The third kappa shape index (κ3) is 3.71. The van der Waals surface area contributed by atoms with E-state index in [0.717, 1.165) is 23.1 Å². The highest BCUT2D eigenvalue weighted by Crippen LogP contribution is 2.66. The van der Waals surface area contributed by atoms with E-state index in [2.05, 4.69) is 0 Å². The lowest BCUT2D eigenvalue weighted by Gasteiger charge is -2.64. The summed E-state index contributed by atoms with van der Waals surface area (Å²) >= 11 is 0. The van der Waals surface area contributed by atoms with Crippen molar-refractivity contribution in [3.8, 4) is 11.5 Å². The first kappa shape index (κ1) is 26.4. The number of nitrogens with zero attached hydrogens (tertiary/aromatic N) is 2. The predicted octanol–water partition coefficient (Wildman–Crippen LogP) is 3.11. The van der Waals surface area contributed by atoms with Crippen LogP contribution in [-0.2, 0) is 26.7 Å². The van der Waals surface area contributed by atoms with Crippen molar-refractivity contribution >= 4 is 22.0 Å². The van der Waals surface area contributed by atoms with Crippen molar-refractivity contribution in [2.24, 2.45) is 0 Å². The molecule has 1 aromatic carbocycles. The molecular formula is C29H36N2O7S. The molecule has 5 atom stereocenters. The van der Waals surface area contributed by atoms with Gasteiger partial charge in [0.25, 0.3) is 0 Å². The number of hydrogen-bond acceptors (Lipinski definition) is 7. The molecule has 2 fully saturated rings. The van der Waals surface area contributed by atoms with Gasteiger partial charge < -0.3 is 23.9 Å². The van der Waals surface area contributed by atoms with E-state index in [0.29, 0.717) is 50.1 Å². The van der Waals surface area contributed by atoms with Crippen LogP contribution in [0.4, 0.5) is 0 Å². The first-order valence-electron chi connectivity index (χ1n) is 13.7. The normalized spacial score (nSPS) is 31.1. The second kappa shape index (κ2) is 9.38. The first-order valence-corrected chi connectivity index (χ1v) is 15.3. The summed E-state index contributed by atoms with van der Waals surface area (Å²) in [6, 6.07) is 4.70. The molecule has 2 aromatic rings. The maximum Gasteiger partial charge on any atom is 0.246 e. The number of amides is 1. The maximum atomic E-state index is 13.5. The SMILES string of the molecule is CCCCS(=O)(=O)N1CCC23c4c5ccc(OC)c4O[C@H]2[C@H](N(C)C(=O)/C=C/c2ccoc2)CC[C@@]3(O)[C@H]1C5. The monoisotopic (exact) mass is 556 g/mol. The van der Waals surface area contributed by atoms with E-state index in [4.69, 9.17) is 13.9 Å². The largest absolute Gasteiger partial charge is 0.493 e. The molecule has 10 heteroatoms. The number of aliphatic hydroxyl groups is 1. The Morgan fingerprint density at radius 3 is 2.85 bits per heavy atom. The Balaban J connectivity index is 1.42. The van der Waals surface area contributed by atoms with E-state index < -0.39 is 33.2 Å². The molecule has 2 bridgehead atoms. The highest BCUT2D eigenvalue weighted by atomic mass is 32.2. The minimum atomic E-state index is -3.55. The lowest BCUT2D eigenvalue weighted by atomic mass is 9.48. The Bertz CT molecular complexity index is 1400. The van der Waals surface area contributed by atoms with Gasteiger partial charge in [0.05, 0.1) is 48.5 Å². The smallest absolute Gasteiger partial charge is 0.246 e. The van der Waals surface area contributed by atoms with Crippen molar-refractivity contribution in [3.05, 3.63) is 53.5 Å². The van der Waals surface area contributed by atoms with E-state index in [1.807, 2.05) is 19.1 Å². The number of furan rings is 1. The number of rotatable bonds is 8.